The van der Waals surface area contributed by atoms with Gasteiger partial charge in [0.1, 0.15) is 12.4 Å². The molecule has 0 bridgehead atoms. The number of rotatable bonds is 3. The van der Waals surface area contributed by atoms with Gasteiger partial charge in [0.25, 0.3) is 0 Å². The Balaban J connectivity index is 2.24. The Morgan fingerprint density at radius 2 is 2.11 bits per heavy atom. The molecule has 0 spiro atoms. The van der Waals surface area contributed by atoms with Crippen molar-refractivity contribution in [2.45, 2.75) is 32.2 Å². The molecule has 1 atom stereocenters. The van der Waals surface area contributed by atoms with Crippen molar-refractivity contribution in [1.82, 2.24) is 15.3 Å². The maximum atomic E-state index is 12.3. The van der Waals surface area contributed by atoms with Crippen LogP contribution in [0, 0.1) is 0 Å². The van der Waals surface area contributed by atoms with E-state index in [9.17, 15) is 9.59 Å². The molecule has 18 heavy (non-hydrogen) atoms. The Hall–Kier alpha value is -1.98. The molecule has 1 unspecified atom stereocenters. The van der Waals surface area contributed by atoms with E-state index < -0.39 is 6.04 Å². The van der Waals surface area contributed by atoms with Crippen LogP contribution < -0.4 is 10.2 Å². The van der Waals surface area contributed by atoms with Gasteiger partial charge in [-0.2, -0.15) is 0 Å². The molecule has 1 saturated heterocycles. The molecule has 1 aliphatic heterocycles. The number of carbonyl (C=O) groups excluding carboxylic acids is 2. The highest BCUT2D eigenvalue weighted by molar-refractivity contribution is 6.01. The quantitative estimate of drug-likeness (QED) is 0.845. The van der Waals surface area contributed by atoms with Crippen molar-refractivity contribution in [2.24, 2.45) is 0 Å². The van der Waals surface area contributed by atoms with Gasteiger partial charge in [-0.15, -0.1) is 0 Å². The number of aromatic nitrogens is 2. The van der Waals surface area contributed by atoms with Gasteiger partial charge in [-0.05, 0) is 6.42 Å². The van der Waals surface area contributed by atoms with E-state index >= 15 is 0 Å². The minimum atomic E-state index is -0.440. The molecule has 1 aliphatic rings. The van der Waals surface area contributed by atoms with Crippen LogP contribution in [0.25, 0.3) is 0 Å². The van der Waals surface area contributed by atoms with Gasteiger partial charge in [0.15, 0.2) is 0 Å². The molecule has 0 aliphatic carbocycles. The summed E-state index contributed by atoms with van der Waals surface area (Å²) in [6.45, 7) is 2.36. The van der Waals surface area contributed by atoms with Crippen LogP contribution in [0.4, 0.5) is 5.69 Å². The van der Waals surface area contributed by atoms with Crippen LogP contribution in [0.2, 0.25) is 0 Å². The second-order valence-corrected chi connectivity index (χ2v) is 4.25. The minimum Gasteiger partial charge on any atom is -0.344 e. The van der Waals surface area contributed by atoms with Gasteiger partial charge in [0.2, 0.25) is 11.8 Å². The van der Waals surface area contributed by atoms with Crippen LogP contribution in [0.15, 0.2) is 18.7 Å². The standard InChI is InChI=1S/C12H16N4O2/c1-2-3-10-12(18)16(5-4-11(17)15-10)9-6-13-8-14-7-9/h6-8,10H,2-5H2,1H3,(H,15,17). The summed E-state index contributed by atoms with van der Waals surface area (Å²) in [6, 6.07) is -0.440. The highest BCUT2D eigenvalue weighted by atomic mass is 16.2. The first-order chi connectivity index (χ1) is 8.72. The first-order valence-corrected chi connectivity index (χ1v) is 6.08. The number of nitrogens with zero attached hydrogens (tertiary/aromatic N) is 3. The van der Waals surface area contributed by atoms with E-state index in [0.29, 0.717) is 25.1 Å². The zero-order chi connectivity index (χ0) is 13.0. The molecular weight excluding hydrogens is 232 g/mol. The molecule has 0 saturated carbocycles. The topological polar surface area (TPSA) is 75.2 Å². The summed E-state index contributed by atoms with van der Waals surface area (Å²) in [6.07, 6.45) is 6.39. The lowest BCUT2D eigenvalue weighted by atomic mass is 10.1. The van der Waals surface area contributed by atoms with Crippen LogP contribution in [0.5, 0.6) is 0 Å². The summed E-state index contributed by atoms with van der Waals surface area (Å²) in [5.74, 6) is -0.168. The maximum Gasteiger partial charge on any atom is 0.249 e. The summed E-state index contributed by atoms with van der Waals surface area (Å²) in [5.41, 5.74) is 0.639. The van der Waals surface area contributed by atoms with Crippen molar-refractivity contribution in [2.75, 3.05) is 11.4 Å². The number of anilines is 1. The first-order valence-electron chi connectivity index (χ1n) is 6.08. The van der Waals surface area contributed by atoms with Crippen molar-refractivity contribution in [3.63, 3.8) is 0 Å². The number of hydrogen-bond donors (Lipinski definition) is 1. The second kappa shape index (κ2) is 5.57. The third-order valence-electron chi connectivity index (χ3n) is 2.90. The number of carbonyl (C=O) groups is 2. The zero-order valence-corrected chi connectivity index (χ0v) is 10.3. The fraction of sp³-hybridized carbons (Fsp3) is 0.500. The highest BCUT2D eigenvalue weighted by Gasteiger charge is 2.30. The van der Waals surface area contributed by atoms with Gasteiger partial charge < -0.3 is 10.2 Å². The monoisotopic (exact) mass is 248 g/mol. The van der Waals surface area contributed by atoms with Gasteiger partial charge in [-0.3, -0.25) is 9.59 Å². The van der Waals surface area contributed by atoms with Gasteiger partial charge in [-0.25, -0.2) is 9.97 Å². The van der Waals surface area contributed by atoms with Gasteiger partial charge in [0, 0.05) is 13.0 Å². The smallest absolute Gasteiger partial charge is 0.249 e. The zero-order valence-electron chi connectivity index (χ0n) is 10.3. The van der Waals surface area contributed by atoms with E-state index in [-0.39, 0.29) is 11.8 Å². The van der Waals surface area contributed by atoms with Gasteiger partial charge in [-0.1, -0.05) is 13.3 Å². The predicted octanol–water partition coefficient (Wildman–Crippen LogP) is 0.498. The molecule has 96 valence electrons. The Morgan fingerprint density at radius 3 is 2.78 bits per heavy atom. The summed E-state index contributed by atoms with van der Waals surface area (Å²) >= 11 is 0. The van der Waals surface area contributed by atoms with Crippen LogP contribution in [-0.4, -0.2) is 34.4 Å². The molecule has 6 heteroatoms. The highest BCUT2D eigenvalue weighted by Crippen LogP contribution is 2.16. The number of hydrogen-bond acceptors (Lipinski definition) is 4. The van der Waals surface area contributed by atoms with Crippen molar-refractivity contribution < 1.29 is 9.59 Å². The van der Waals surface area contributed by atoms with Crippen molar-refractivity contribution in [3.05, 3.63) is 18.7 Å². The molecule has 6 nitrogen and oxygen atoms in total. The molecule has 0 aromatic carbocycles. The average molecular weight is 248 g/mol. The van der Waals surface area contributed by atoms with Crippen LogP contribution in [0.1, 0.15) is 26.2 Å². The van der Waals surface area contributed by atoms with Crippen molar-refractivity contribution in [1.29, 1.82) is 0 Å². The van der Waals surface area contributed by atoms with Crippen LogP contribution in [0.3, 0.4) is 0 Å². The minimum absolute atomic E-state index is 0.0823. The molecule has 2 amide bonds. The molecular formula is C12H16N4O2. The Morgan fingerprint density at radius 1 is 1.39 bits per heavy atom. The largest absolute Gasteiger partial charge is 0.344 e. The lowest BCUT2D eigenvalue weighted by Crippen LogP contribution is -2.44. The van der Waals surface area contributed by atoms with E-state index in [2.05, 4.69) is 15.3 Å². The van der Waals surface area contributed by atoms with Crippen molar-refractivity contribution >= 4 is 17.5 Å². The fourth-order valence-electron chi connectivity index (χ4n) is 2.01. The van der Waals surface area contributed by atoms with Gasteiger partial charge in [0.05, 0.1) is 18.1 Å². The second-order valence-electron chi connectivity index (χ2n) is 4.25. The van der Waals surface area contributed by atoms with E-state index in [1.165, 1.54) is 6.33 Å². The normalized spacial score (nSPS) is 20.5. The molecule has 2 rings (SSSR count). The summed E-state index contributed by atoms with van der Waals surface area (Å²) in [5, 5.41) is 2.76. The summed E-state index contributed by atoms with van der Waals surface area (Å²) in [4.78, 5) is 33.3. The fourth-order valence-corrected chi connectivity index (χ4v) is 2.01. The van der Waals surface area contributed by atoms with E-state index in [4.69, 9.17) is 0 Å². The van der Waals surface area contributed by atoms with E-state index in [1.807, 2.05) is 6.92 Å². The number of nitrogens with one attached hydrogen (secondary N) is 1. The molecule has 1 N–H and O–H groups in total. The third-order valence-corrected chi connectivity index (χ3v) is 2.90. The summed E-state index contributed by atoms with van der Waals surface area (Å²) in [7, 11) is 0. The van der Waals surface area contributed by atoms with Crippen LogP contribution in [-0.2, 0) is 9.59 Å². The maximum absolute atomic E-state index is 12.3. The van der Waals surface area contributed by atoms with E-state index in [1.54, 1.807) is 17.3 Å². The molecule has 1 fully saturated rings. The molecule has 1 aromatic rings. The van der Waals surface area contributed by atoms with Gasteiger partial charge >= 0.3 is 0 Å². The van der Waals surface area contributed by atoms with Crippen molar-refractivity contribution in [3.8, 4) is 0 Å². The first kappa shape index (κ1) is 12.5. The average Bonchev–Trinajstić information content (AvgIpc) is 2.52. The summed E-state index contributed by atoms with van der Waals surface area (Å²) < 4.78 is 0. The molecule has 2 heterocycles. The SMILES string of the molecule is CCCC1NC(=O)CCN(c2cncnc2)C1=O. The predicted molar refractivity (Wildman–Crippen MR) is 65.8 cm³/mol. The third kappa shape index (κ3) is 2.64. The Bertz CT molecular complexity index is 435. The lowest BCUT2D eigenvalue weighted by molar-refractivity contribution is -0.125. The number of amides is 2. The molecule has 0 radical (unpaired) electrons. The lowest BCUT2D eigenvalue weighted by Gasteiger charge is -2.23. The van der Waals surface area contributed by atoms with E-state index in [0.717, 1.165) is 6.42 Å². The molecule has 1 aromatic heterocycles. The Kier molecular flexibility index (Phi) is 3.86. The Labute approximate surface area is 105 Å². The van der Waals surface area contributed by atoms with Crippen LogP contribution >= 0.6 is 0 Å².